The van der Waals surface area contributed by atoms with Crippen LogP contribution in [-0.2, 0) is 4.74 Å². The summed E-state index contributed by atoms with van der Waals surface area (Å²) in [6, 6.07) is 15.4. The number of ether oxygens (including phenoxy) is 3. The van der Waals surface area contributed by atoms with E-state index in [9.17, 15) is 4.79 Å². The van der Waals surface area contributed by atoms with Gasteiger partial charge in [0.1, 0.15) is 6.10 Å². The summed E-state index contributed by atoms with van der Waals surface area (Å²) >= 11 is 0. The average Bonchev–Trinajstić information content (AvgIpc) is 2.63. The fraction of sp³-hybridized carbons (Fsp3) is 0.263. The molecule has 6 heteroatoms. The molecule has 1 atom stereocenters. The number of hydrogen-bond acceptors (Lipinski definition) is 5. The molecule has 2 aromatic rings. The van der Waals surface area contributed by atoms with Crippen LogP contribution in [0.1, 0.15) is 31.1 Å². The average molecular weight is 342 g/mol. The van der Waals surface area contributed by atoms with E-state index in [-0.39, 0.29) is 6.10 Å². The standard InChI is InChI=1S/C19H22N2O4/c1-4-24-19(22)21-20-13-15-10-11-17(18(12-15)23-3)25-14(2)16-8-6-5-7-9-16/h5-14H,4H2,1-3H3,(H,21,22). The quantitative estimate of drug-likeness (QED) is 0.612. The molecule has 2 rings (SSSR count). The number of nitrogens with zero attached hydrogens (tertiary/aromatic N) is 1. The minimum Gasteiger partial charge on any atom is -0.493 e. The Bertz CT molecular complexity index is 717. The van der Waals surface area contributed by atoms with Crippen LogP contribution in [0.25, 0.3) is 0 Å². The highest BCUT2D eigenvalue weighted by Crippen LogP contribution is 2.31. The maximum atomic E-state index is 11.2. The third kappa shape index (κ3) is 5.53. The Morgan fingerprint density at radius 2 is 1.96 bits per heavy atom. The van der Waals surface area contributed by atoms with Gasteiger partial charge in [-0.25, -0.2) is 10.2 Å². The first kappa shape index (κ1) is 18.3. The Kier molecular flexibility index (Phi) is 6.83. The molecule has 1 unspecified atom stereocenters. The van der Waals surface area contributed by atoms with E-state index >= 15 is 0 Å². The van der Waals surface area contributed by atoms with Gasteiger partial charge in [-0.2, -0.15) is 5.10 Å². The third-order valence-electron chi connectivity index (χ3n) is 3.41. The van der Waals surface area contributed by atoms with Crippen molar-refractivity contribution < 1.29 is 19.0 Å². The van der Waals surface area contributed by atoms with E-state index in [0.717, 1.165) is 11.1 Å². The van der Waals surface area contributed by atoms with Crippen molar-refractivity contribution in [3.8, 4) is 11.5 Å². The van der Waals surface area contributed by atoms with Crippen LogP contribution in [0.5, 0.6) is 11.5 Å². The molecule has 25 heavy (non-hydrogen) atoms. The molecule has 0 aromatic heterocycles. The third-order valence-corrected chi connectivity index (χ3v) is 3.41. The molecule has 0 aliphatic heterocycles. The molecule has 0 heterocycles. The highest BCUT2D eigenvalue weighted by Gasteiger charge is 2.11. The van der Waals surface area contributed by atoms with Gasteiger partial charge in [0.15, 0.2) is 11.5 Å². The lowest BCUT2D eigenvalue weighted by atomic mass is 10.1. The van der Waals surface area contributed by atoms with Gasteiger partial charge in [0.05, 0.1) is 19.9 Å². The number of carbonyl (C=O) groups is 1. The molecule has 0 saturated heterocycles. The second kappa shape index (κ2) is 9.32. The first-order valence-corrected chi connectivity index (χ1v) is 7.99. The van der Waals surface area contributed by atoms with Crippen LogP contribution in [0.4, 0.5) is 4.79 Å². The van der Waals surface area contributed by atoms with Crippen LogP contribution in [0, 0.1) is 0 Å². The lowest BCUT2D eigenvalue weighted by Gasteiger charge is -2.17. The van der Waals surface area contributed by atoms with Crippen LogP contribution < -0.4 is 14.9 Å². The molecule has 0 aliphatic rings. The molecular formula is C19H22N2O4. The van der Waals surface area contributed by atoms with Crippen LogP contribution >= 0.6 is 0 Å². The minimum atomic E-state index is -0.595. The van der Waals surface area contributed by atoms with Crippen molar-refractivity contribution in [1.29, 1.82) is 0 Å². The van der Waals surface area contributed by atoms with E-state index in [0.29, 0.717) is 18.1 Å². The van der Waals surface area contributed by atoms with E-state index < -0.39 is 6.09 Å². The van der Waals surface area contributed by atoms with Crippen molar-refractivity contribution in [1.82, 2.24) is 5.43 Å². The lowest BCUT2D eigenvalue weighted by Crippen LogP contribution is -2.18. The fourth-order valence-electron chi connectivity index (χ4n) is 2.17. The molecule has 0 radical (unpaired) electrons. The zero-order valence-electron chi connectivity index (χ0n) is 14.6. The van der Waals surface area contributed by atoms with Crippen LogP contribution in [0.3, 0.4) is 0 Å². The molecule has 0 spiro atoms. The van der Waals surface area contributed by atoms with Crippen molar-refractivity contribution >= 4 is 12.3 Å². The smallest absolute Gasteiger partial charge is 0.427 e. The molecule has 6 nitrogen and oxygen atoms in total. The van der Waals surface area contributed by atoms with Crippen LogP contribution in [-0.4, -0.2) is 26.0 Å². The molecule has 1 N–H and O–H groups in total. The summed E-state index contributed by atoms with van der Waals surface area (Å²) in [6.07, 6.45) is 0.798. The van der Waals surface area contributed by atoms with Gasteiger partial charge < -0.3 is 14.2 Å². The second-order valence-corrected chi connectivity index (χ2v) is 5.17. The highest BCUT2D eigenvalue weighted by molar-refractivity contribution is 5.82. The Hall–Kier alpha value is -3.02. The Morgan fingerprint density at radius 3 is 2.64 bits per heavy atom. The van der Waals surface area contributed by atoms with E-state index in [1.165, 1.54) is 6.21 Å². The Labute approximate surface area is 147 Å². The van der Waals surface area contributed by atoms with E-state index in [2.05, 4.69) is 10.5 Å². The summed E-state index contributed by atoms with van der Waals surface area (Å²) in [5.74, 6) is 1.22. The largest absolute Gasteiger partial charge is 0.493 e. The predicted molar refractivity (Wildman–Crippen MR) is 96.2 cm³/mol. The van der Waals surface area contributed by atoms with Crippen molar-refractivity contribution in [3.63, 3.8) is 0 Å². The maximum Gasteiger partial charge on any atom is 0.427 e. The molecule has 0 aliphatic carbocycles. The van der Waals surface area contributed by atoms with Crippen LogP contribution in [0.2, 0.25) is 0 Å². The first-order valence-electron chi connectivity index (χ1n) is 7.99. The number of nitrogens with one attached hydrogen (secondary N) is 1. The molecule has 2 aromatic carbocycles. The first-order chi connectivity index (χ1) is 12.1. The van der Waals surface area contributed by atoms with Gasteiger partial charge in [-0.15, -0.1) is 0 Å². The van der Waals surface area contributed by atoms with Gasteiger partial charge in [0, 0.05) is 0 Å². The van der Waals surface area contributed by atoms with Gasteiger partial charge in [-0.05, 0) is 43.2 Å². The van der Waals surface area contributed by atoms with E-state index in [1.807, 2.05) is 49.4 Å². The van der Waals surface area contributed by atoms with Gasteiger partial charge in [0.2, 0.25) is 0 Å². The number of methoxy groups -OCH3 is 1. The summed E-state index contributed by atoms with van der Waals surface area (Å²) in [5, 5.41) is 3.83. The zero-order chi connectivity index (χ0) is 18.1. The van der Waals surface area contributed by atoms with Crippen molar-refractivity contribution in [3.05, 3.63) is 59.7 Å². The molecule has 1 amide bonds. The SMILES string of the molecule is CCOC(=O)NN=Cc1ccc(OC(C)c2ccccc2)c(OC)c1. The topological polar surface area (TPSA) is 69.2 Å². The second-order valence-electron chi connectivity index (χ2n) is 5.17. The molecule has 0 saturated carbocycles. The number of carbonyl (C=O) groups excluding carboxylic acids is 1. The molecule has 0 bridgehead atoms. The summed E-state index contributed by atoms with van der Waals surface area (Å²) in [6.45, 7) is 4.00. The number of hydrogen-bond donors (Lipinski definition) is 1. The van der Waals surface area contributed by atoms with Crippen molar-refractivity contribution in [2.45, 2.75) is 20.0 Å². The number of rotatable bonds is 7. The van der Waals surface area contributed by atoms with E-state index in [1.54, 1.807) is 20.1 Å². The molecule has 0 fully saturated rings. The van der Waals surface area contributed by atoms with Gasteiger partial charge in [-0.1, -0.05) is 30.3 Å². The predicted octanol–water partition coefficient (Wildman–Crippen LogP) is 3.92. The Morgan fingerprint density at radius 1 is 1.20 bits per heavy atom. The van der Waals surface area contributed by atoms with Gasteiger partial charge in [0.25, 0.3) is 0 Å². The summed E-state index contributed by atoms with van der Waals surface area (Å²) in [5.41, 5.74) is 4.11. The maximum absolute atomic E-state index is 11.2. The fourth-order valence-corrected chi connectivity index (χ4v) is 2.17. The monoisotopic (exact) mass is 342 g/mol. The molecule has 132 valence electrons. The van der Waals surface area contributed by atoms with Gasteiger partial charge in [-0.3, -0.25) is 0 Å². The van der Waals surface area contributed by atoms with Gasteiger partial charge >= 0.3 is 6.09 Å². The minimum absolute atomic E-state index is 0.111. The highest BCUT2D eigenvalue weighted by atomic mass is 16.5. The summed E-state index contributed by atoms with van der Waals surface area (Å²) < 4.78 is 16.1. The number of amides is 1. The number of benzene rings is 2. The summed E-state index contributed by atoms with van der Waals surface area (Å²) in [7, 11) is 1.58. The van der Waals surface area contributed by atoms with Crippen molar-refractivity contribution in [2.75, 3.05) is 13.7 Å². The number of hydrazone groups is 1. The zero-order valence-corrected chi connectivity index (χ0v) is 14.6. The van der Waals surface area contributed by atoms with E-state index in [4.69, 9.17) is 14.2 Å². The van der Waals surface area contributed by atoms with Crippen molar-refractivity contribution in [2.24, 2.45) is 5.10 Å². The summed E-state index contributed by atoms with van der Waals surface area (Å²) in [4.78, 5) is 11.2. The molecular weight excluding hydrogens is 320 g/mol. The van der Waals surface area contributed by atoms with Crippen LogP contribution in [0.15, 0.2) is 53.6 Å². The Balaban J connectivity index is 2.06. The lowest BCUT2D eigenvalue weighted by molar-refractivity contribution is 0.152. The normalized spacial score (nSPS) is 11.8.